The number of pyridine rings is 1. The third-order valence-corrected chi connectivity index (χ3v) is 4.75. The van der Waals surface area contributed by atoms with Gasteiger partial charge >= 0.3 is 0 Å². The van der Waals surface area contributed by atoms with Crippen LogP contribution in [0.2, 0.25) is 0 Å². The van der Waals surface area contributed by atoms with Crippen LogP contribution in [0.25, 0.3) is 5.65 Å². The molecule has 130 valence electrons. The van der Waals surface area contributed by atoms with Crippen LogP contribution in [0.4, 0.5) is 0 Å². The van der Waals surface area contributed by atoms with Crippen LogP contribution in [0.1, 0.15) is 28.8 Å². The Bertz CT molecular complexity index is 868. The molecule has 0 aromatic carbocycles. The summed E-state index contributed by atoms with van der Waals surface area (Å²) in [7, 11) is 1.92. The van der Waals surface area contributed by atoms with Crippen LogP contribution >= 0.6 is 0 Å². The van der Waals surface area contributed by atoms with Crippen LogP contribution in [-0.2, 0) is 13.6 Å². The van der Waals surface area contributed by atoms with Gasteiger partial charge in [0.1, 0.15) is 11.2 Å². The summed E-state index contributed by atoms with van der Waals surface area (Å²) in [6, 6.07) is 4.21. The van der Waals surface area contributed by atoms with Crippen LogP contribution in [0.15, 0.2) is 43.1 Å². The number of likely N-dealkylation sites (tertiary alicyclic amines) is 1. The Balaban J connectivity index is 1.42. The number of amides is 1. The van der Waals surface area contributed by atoms with E-state index in [4.69, 9.17) is 0 Å². The fraction of sp³-hybridized carbons (Fsp3) is 0.389. The Labute approximate surface area is 146 Å². The zero-order valence-electron chi connectivity index (χ0n) is 14.3. The Hall–Kier alpha value is -2.67. The van der Waals surface area contributed by atoms with Gasteiger partial charge in [-0.05, 0) is 31.0 Å². The molecule has 7 heteroatoms. The molecule has 0 radical (unpaired) electrons. The zero-order valence-corrected chi connectivity index (χ0v) is 14.3. The van der Waals surface area contributed by atoms with E-state index in [0.29, 0.717) is 5.56 Å². The van der Waals surface area contributed by atoms with E-state index in [1.807, 2.05) is 36.3 Å². The molecule has 0 bridgehead atoms. The van der Waals surface area contributed by atoms with Crippen LogP contribution in [0, 0.1) is 0 Å². The van der Waals surface area contributed by atoms with Crippen molar-refractivity contribution >= 4 is 11.6 Å². The highest BCUT2D eigenvalue weighted by Gasteiger charge is 2.23. The lowest BCUT2D eigenvalue weighted by Gasteiger charge is -2.33. The van der Waals surface area contributed by atoms with Crippen molar-refractivity contribution in [3.8, 4) is 0 Å². The minimum absolute atomic E-state index is 0.0509. The standard InChI is InChI=1S/C18H22N6O/c1-22-8-9-24-18(22)16(11-20-24)17(25)21-15-5-3-7-23(13-15)12-14-4-2-6-19-10-14/h2,4,6,8-11,15H,3,5,7,12-13H2,1H3,(H,21,25). The molecule has 1 aliphatic rings. The van der Waals surface area contributed by atoms with Crippen molar-refractivity contribution in [2.75, 3.05) is 13.1 Å². The molecule has 1 N–H and O–H groups in total. The smallest absolute Gasteiger partial charge is 0.256 e. The molecule has 3 aromatic rings. The number of aryl methyl sites for hydroxylation is 1. The average Bonchev–Trinajstić information content (AvgIpc) is 3.19. The van der Waals surface area contributed by atoms with Crippen molar-refractivity contribution in [3.05, 3.63) is 54.2 Å². The molecule has 1 saturated heterocycles. The topological polar surface area (TPSA) is 67.5 Å². The number of imidazole rings is 1. The van der Waals surface area contributed by atoms with Gasteiger partial charge in [-0.3, -0.25) is 14.7 Å². The normalized spacial score (nSPS) is 18.5. The van der Waals surface area contributed by atoms with Gasteiger partial charge in [0.15, 0.2) is 0 Å². The monoisotopic (exact) mass is 338 g/mol. The summed E-state index contributed by atoms with van der Waals surface area (Å²) in [5.74, 6) is -0.0509. The summed E-state index contributed by atoms with van der Waals surface area (Å²) in [6.45, 7) is 2.78. The number of fused-ring (bicyclic) bond motifs is 1. The maximum atomic E-state index is 12.7. The van der Waals surface area contributed by atoms with Crippen LogP contribution in [0.5, 0.6) is 0 Å². The highest BCUT2D eigenvalue weighted by Crippen LogP contribution is 2.15. The SMILES string of the molecule is Cn1ccn2ncc(C(=O)NC3CCCN(Cc4cccnc4)C3)c12. The molecule has 4 heterocycles. The predicted molar refractivity (Wildman–Crippen MR) is 94.2 cm³/mol. The molecule has 25 heavy (non-hydrogen) atoms. The lowest BCUT2D eigenvalue weighted by molar-refractivity contribution is 0.0902. The summed E-state index contributed by atoms with van der Waals surface area (Å²) in [6.07, 6.45) is 11.2. The first-order valence-electron chi connectivity index (χ1n) is 8.61. The van der Waals surface area contributed by atoms with Crippen molar-refractivity contribution in [3.63, 3.8) is 0 Å². The molecule has 0 saturated carbocycles. The summed E-state index contributed by atoms with van der Waals surface area (Å²) < 4.78 is 3.64. The zero-order chi connectivity index (χ0) is 17.2. The fourth-order valence-corrected chi connectivity index (χ4v) is 3.54. The lowest BCUT2D eigenvalue weighted by atomic mass is 10.0. The van der Waals surface area contributed by atoms with E-state index in [1.165, 1.54) is 5.56 Å². The number of carbonyl (C=O) groups is 1. The average molecular weight is 338 g/mol. The summed E-state index contributed by atoms with van der Waals surface area (Å²) in [5, 5.41) is 7.43. The number of rotatable bonds is 4. The van der Waals surface area contributed by atoms with E-state index in [1.54, 1.807) is 16.9 Å². The van der Waals surface area contributed by atoms with Gasteiger partial charge in [0.25, 0.3) is 5.91 Å². The van der Waals surface area contributed by atoms with Crippen molar-refractivity contribution in [2.24, 2.45) is 7.05 Å². The Morgan fingerprint density at radius 2 is 2.28 bits per heavy atom. The van der Waals surface area contributed by atoms with Crippen LogP contribution in [0.3, 0.4) is 0 Å². The second-order valence-electron chi connectivity index (χ2n) is 6.64. The Kier molecular flexibility index (Phi) is 4.23. The van der Waals surface area contributed by atoms with Gasteiger partial charge < -0.3 is 9.88 Å². The van der Waals surface area contributed by atoms with Crippen LogP contribution in [-0.4, -0.2) is 49.1 Å². The molecule has 1 amide bonds. The molecule has 7 nitrogen and oxygen atoms in total. The Morgan fingerprint density at radius 1 is 1.36 bits per heavy atom. The van der Waals surface area contributed by atoms with E-state index >= 15 is 0 Å². The van der Waals surface area contributed by atoms with Gasteiger partial charge in [0.2, 0.25) is 0 Å². The Morgan fingerprint density at radius 3 is 3.12 bits per heavy atom. The number of aromatic nitrogens is 4. The van der Waals surface area contributed by atoms with Gasteiger partial charge in [-0.15, -0.1) is 0 Å². The van der Waals surface area contributed by atoms with E-state index in [0.717, 1.165) is 38.1 Å². The minimum atomic E-state index is -0.0509. The number of hydrogen-bond donors (Lipinski definition) is 1. The van der Waals surface area contributed by atoms with E-state index < -0.39 is 0 Å². The van der Waals surface area contributed by atoms with Gasteiger partial charge in [0.05, 0.1) is 6.20 Å². The van der Waals surface area contributed by atoms with Gasteiger partial charge in [-0.2, -0.15) is 5.10 Å². The fourth-order valence-electron chi connectivity index (χ4n) is 3.54. The lowest BCUT2D eigenvalue weighted by Crippen LogP contribution is -2.47. The molecular formula is C18H22N6O. The van der Waals surface area contributed by atoms with E-state index in [-0.39, 0.29) is 11.9 Å². The summed E-state index contributed by atoms with van der Waals surface area (Å²) >= 11 is 0. The molecule has 1 aliphatic heterocycles. The molecule has 1 unspecified atom stereocenters. The van der Waals surface area contributed by atoms with Gasteiger partial charge in [-0.25, -0.2) is 4.52 Å². The second-order valence-corrected chi connectivity index (χ2v) is 6.64. The van der Waals surface area contributed by atoms with E-state index in [9.17, 15) is 4.79 Å². The molecule has 4 rings (SSSR count). The first-order chi connectivity index (χ1) is 12.2. The van der Waals surface area contributed by atoms with Gasteiger partial charge in [-0.1, -0.05) is 6.07 Å². The highest BCUT2D eigenvalue weighted by atomic mass is 16.1. The third kappa shape index (κ3) is 3.28. The number of piperidine rings is 1. The van der Waals surface area contributed by atoms with Crippen molar-refractivity contribution in [1.82, 2.24) is 29.4 Å². The van der Waals surface area contributed by atoms with E-state index in [2.05, 4.69) is 26.4 Å². The number of carbonyl (C=O) groups excluding carboxylic acids is 1. The maximum Gasteiger partial charge on any atom is 0.256 e. The molecule has 0 aliphatic carbocycles. The van der Waals surface area contributed by atoms with Crippen molar-refractivity contribution in [2.45, 2.75) is 25.4 Å². The number of nitrogens with one attached hydrogen (secondary N) is 1. The third-order valence-electron chi connectivity index (χ3n) is 4.75. The first-order valence-corrected chi connectivity index (χ1v) is 8.61. The second kappa shape index (κ2) is 6.68. The minimum Gasteiger partial charge on any atom is -0.348 e. The van der Waals surface area contributed by atoms with Gasteiger partial charge in [0, 0.05) is 51.0 Å². The molecular weight excluding hydrogens is 316 g/mol. The van der Waals surface area contributed by atoms with Crippen molar-refractivity contribution in [1.29, 1.82) is 0 Å². The quantitative estimate of drug-likeness (QED) is 0.782. The van der Waals surface area contributed by atoms with Crippen LogP contribution < -0.4 is 5.32 Å². The number of hydrogen-bond acceptors (Lipinski definition) is 4. The maximum absolute atomic E-state index is 12.7. The summed E-state index contributed by atoms with van der Waals surface area (Å²) in [5.41, 5.74) is 2.65. The first kappa shape index (κ1) is 15.8. The predicted octanol–water partition coefficient (Wildman–Crippen LogP) is 1.46. The number of nitrogens with zero attached hydrogens (tertiary/aromatic N) is 5. The summed E-state index contributed by atoms with van der Waals surface area (Å²) in [4.78, 5) is 19.2. The molecule has 3 aromatic heterocycles. The molecule has 0 spiro atoms. The largest absolute Gasteiger partial charge is 0.348 e. The van der Waals surface area contributed by atoms with Crippen molar-refractivity contribution < 1.29 is 4.79 Å². The molecule has 1 fully saturated rings. The molecule has 1 atom stereocenters. The highest BCUT2D eigenvalue weighted by molar-refractivity contribution is 6.00.